The maximum Gasteiger partial charge on any atom is 0.0825 e. The van der Waals surface area contributed by atoms with Crippen LogP contribution >= 0.6 is 0 Å². The Bertz CT molecular complexity index is 176. The van der Waals surface area contributed by atoms with Crippen LogP contribution < -0.4 is 16.0 Å². The Kier molecular flexibility index (Phi) is 101. The molecule has 0 bridgehead atoms. The minimum absolute atomic E-state index is 0. The van der Waals surface area contributed by atoms with Gasteiger partial charge in [-0.1, -0.05) is 90.5 Å². The number of hydrogen-bond donors (Lipinski definition) is 3. The topological polar surface area (TPSA) is 51.7 Å². The van der Waals surface area contributed by atoms with Gasteiger partial charge in [0, 0.05) is 26.3 Å². The summed E-state index contributed by atoms with van der Waals surface area (Å²) >= 11 is 0. The van der Waals surface area contributed by atoms with Crippen LogP contribution in [0.2, 0.25) is 0 Å². The van der Waals surface area contributed by atoms with Gasteiger partial charge in [0.25, 0.3) is 0 Å². The minimum atomic E-state index is 0. The van der Waals surface area contributed by atoms with Crippen molar-refractivity contribution >= 4 is 6.34 Å². The Morgan fingerprint density at radius 2 is 1.07 bits per heavy atom. The quantitative estimate of drug-likeness (QED) is 0.430. The molecule has 0 amide bonds. The summed E-state index contributed by atoms with van der Waals surface area (Å²) in [6, 6.07) is 0. The zero-order valence-corrected chi connectivity index (χ0v) is 21.0. The standard InChI is InChI=1S/C6H13N.C3H8N2.C3H6N2.5C2H6.2CH4/c1-7-5-3-2-4-6-7;2*1-2-5-3-4-1;5*1-2;;/h2-6H2,1H3;4-5H,1-3H2;3H,1-2H2,(H,4,5);5*1-2H3;2*1H4. The van der Waals surface area contributed by atoms with Gasteiger partial charge in [-0.05, 0) is 33.0 Å². The lowest BCUT2D eigenvalue weighted by atomic mass is 10.1. The molecule has 186 valence electrons. The summed E-state index contributed by atoms with van der Waals surface area (Å²) in [6.45, 7) is 27.9. The third kappa shape index (κ3) is 58.4. The first-order chi connectivity index (χ1) is 13.4. The number of nitrogens with zero attached hydrogens (tertiary/aromatic N) is 2. The van der Waals surface area contributed by atoms with Crippen molar-refractivity contribution in [3.05, 3.63) is 0 Å². The van der Waals surface area contributed by atoms with Gasteiger partial charge < -0.3 is 20.9 Å². The fraction of sp³-hybridized carbons (Fsp3) is 0.958. The normalized spacial score (nSPS) is 14.6. The molecule has 0 aromatic carbocycles. The molecular formula is C24H65N5. The van der Waals surface area contributed by atoms with Gasteiger partial charge in [-0.3, -0.25) is 4.99 Å². The Morgan fingerprint density at radius 3 is 1.21 bits per heavy atom. The van der Waals surface area contributed by atoms with Crippen LogP contribution in [0, 0.1) is 0 Å². The lowest BCUT2D eigenvalue weighted by molar-refractivity contribution is 0.277. The Hall–Kier alpha value is -0.650. The van der Waals surface area contributed by atoms with Crippen molar-refractivity contribution in [1.82, 2.24) is 20.9 Å². The highest BCUT2D eigenvalue weighted by Crippen LogP contribution is 2.04. The summed E-state index contributed by atoms with van der Waals surface area (Å²) in [4.78, 5) is 6.24. The van der Waals surface area contributed by atoms with Gasteiger partial charge in [0.15, 0.2) is 0 Å². The Balaban J connectivity index is -0.0000000405. The van der Waals surface area contributed by atoms with E-state index in [1.54, 1.807) is 6.34 Å². The van der Waals surface area contributed by atoms with Crippen molar-refractivity contribution in [2.45, 2.75) is 103 Å². The zero-order chi connectivity index (χ0) is 22.2. The average molecular weight is 424 g/mol. The van der Waals surface area contributed by atoms with Gasteiger partial charge in [-0.25, -0.2) is 0 Å². The number of aliphatic imine (C=N–C) groups is 1. The van der Waals surface area contributed by atoms with Gasteiger partial charge in [0.1, 0.15) is 0 Å². The molecule has 29 heavy (non-hydrogen) atoms. The first-order valence-electron chi connectivity index (χ1n) is 11.7. The molecule has 0 unspecified atom stereocenters. The number of rotatable bonds is 0. The van der Waals surface area contributed by atoms with Crippen LogP contribution in [-0.2, 0) is 0 Å². The van der Waals surface area contributed by atoms with Crippen LogP contribution in [0.1, 0.15) is 103 Å². The minimum Gasteiger partial charge on any atom is -0.375 e. The van der Waals surface area contributed by atoms with E-state index >= 15 is 0 Å². The summed E-state index contributed by atoms with van der Waals surface area (Å²) in [5.74, 6) is 0. The molecule has 0 spiro atoms. The van der Waals surface area contributed by atoms with Crippen LogP contribution in [0.15, 0.2) is 4.99 Å². The van der Waals surface area contributed by atoms with Gasteiger partial charge in [-0.2, -0.15) is 0 Å². The first-order valence-corrected chi connectivity index (χ1v) is 11.7. The van der Waals surface area contributed by atoms with E-state index in [1.165, 1.54) is 32.4 Å². The molecule has 0 aromatic heterocycles. The largest absolute Gasteiger partial charge is 0.375 e. The van der Waals surface area contributed by atoms with Crippen LogP contribution in [0.4, 0.5) is 0 Å². The molecule has 5 heteroatoms. The second-order valence-corrected chi connectivity index (χ2v) is 4.53. The number of piperidine rings is 1. The molecule has 2 saturated heterocycles. The molecule has 0 radical (unpaired) electrons. The molecule has 0 atom stereocenters. The molecule has 2 fully saturated rings. The van der Waals surface area contributed by atoms with Crippen molar-refractivity contribution in [2.75, 3.05) is 53.0 Å². The Morgan fingerprint density at radius 1 is 0.655 bits per heavy atom. The van der Waals surface area contributed by atoms with Gasteiger partial charge >= 0.3 is 0 Å². The molecule has 3 heterocycles. The number of hydrogen-bond acceptors (Lipinski definition) is 5. The molecule has 0 aromatic rings. The van der Waals surface area contributed by atoms with Crippen molar-refractivity contribution in [3.63, 3.8) is 0 Å². The first kappa shape index (κ1) is 46.5. The van der Waals surface area contributed by atoms with Crippen LogP contribution in [0.25, 0.3) is 0 Å². The number of likely N-dealkylation sites (tertiary alicyclic amines) is 1. The second kappa shape index (κ2) is 63.1. The van der Waals surface area contributed by atoms with Crippen molar-refractivity contribution in [3.8, 4) is 0 Å². The average Bonchev–Trinajstić information content (AvgIpc) is 3.55. The van der Waals surface area contributed by atoms with E-state index < -0.39 is 0 Å². The third-order valence-corrected chi connectivity index (χ3v) is 2.88. The van der Waals surface area contributed by atoms with Crippen LogP contribution in [0.3, 0.4) is 0 Å². The van der Waals surface area contributed by atoms with Crippen LogP contribution in [0.5, 0.6) is 0 Å². The molecule has 3 aliphatic rings. The van der Waals surface area contributed by atoms with Gasteiger partial charge in [0.05, 0.1) is 12.9 Å². The van der Waals surface area contributed by atoms with Gasteiger partial charge in [-0.15, -0.1) is 0 Å². The highest BCUT2D eigenvalue weighted by molar-refractivity contribution is 5.56. The monoisotopic (exact) mass is 424 g/mol. The second-order valence-electron chi connectivity index (χ2n) is 4.53. The van der Waals surface area contributed by atoms with E-state index in [1.807, 2.05) is 69.2 Å². The summed E-state index contributed by atoms with van der Waals surface area (Å²) in [6.07, 6.45) is 6.01. The van der Waals surface area contributed by atoms with Gasteiger partial charge in [0.2, 0.25) is 0 Å². The SMILES string of the molecule is C.C.C1=NCCN1.C1CNCN1.CC.CC.CC.CC.CC.CN1CCCCC1. The summed E-state index contributed by atoms with van der Waals surface area (Å²) in [5.41, 5.74) is 0. The molecule has 5 nitrogen and oxygen atoms in total. The van der Waals surface area contributed by atoms with Crippen LogP contribution in [-0.4, -0.2) is 64.2 Å². The van der Waals surface area contributed by atoms with E-state index in [4.69, 9.17) is 0 Å². The molecule has 3 N–H and O–H groups in total. The van der Waals surface area contributed by atoms with Crippen molar-refractivity contribution in [1.29, 1.82) is 0 Å². The molecule has 3 rings (SSSR count). The zero-order valence-electron chi connectivity index (χ0n) is 21.0. The van der Waals surface area contributed by atoms with Crippen molar-refractivity contribution < 1.29 is 0 Å². The maximum absolute atomic E-state index is 3.85. The molecule has 3 aliphatic heterocycles. The molecule has 0 aliphatic carbocycles. The summed E-state index contributed by atoms with van der Waals surface area (Å²) in [5, 5.41) is 9.15. The van der Waals surface area contributed by atoms with E-state index in [2.05, 4.69) is 32.9 Å². The van der Waals surface area contributed by atoms with E-state index in [9.17, 15) is 0 Å². The van der Waals surface area contributed by atoms with E-state index in [0.29, 0.717) is 0 Å². The maximum atomic E-state index is 3.85. The summed E-state index contributed by atoms with van der Waals surface area (Å²) < 4.78 is 0. The smallest absolute Gasteiger partial charge is 0.0825 e. The lowest BCUT2D eigenvalue weighted by Gasteiger charge is -2.20. The van der Waals surface area contributed by atoms with E-state index in [-0.39, 0.29) is 14.9 Å². The highest BCUT2D eigenvalue weighted by Gasteiger charge is 2.02. The highest BCUT2D eigenvalue weighted by atomic mass is 15.1. The summed E-state index contributed by atoms with van der Waals surface area (Å²) in [7, 11) is 2.19. The fourth-order valence-corrected chi connectivity index (χ4v) is 1.82. The molecular weight excluding hydrogens is 358 g/mol. The lowest BCUT2D eigenvalue weighted by Crippen LogP contribution is -2.24. The predicted octanol–water partition coefficient (Wildman–Crippen LogP) is 6.26. The Labute approximate surface area is 188 Å². The fourth-order valence-electron chi connectivity index (χ4n) is 1.82. The number of nitrogens with one attached hydrogen (secondary N) is 3. The predicted molar refractivity (Wildman–Crippen MR) is 144 cm³/mol. The van der Waals surface area contributed by atoms with E-state index in [0.717, 1.165) is 32.8 Å². The third-order valence-electron chi connectivity index (χ3n) is 2.88. The molecule has 0 saturated carbocycles. The van der Waals surface area contributed by atoms with Crippen molar-refractivity contribution in [2.24, 2.45) is 4.99 Å².